The zero-order chi connectivity index (χ0) is 14.4. The van der Waals surface area contributed by atoms with Crippen LogP contribution in [0, 0.1) is 0 Å². The van der Waals surface area contributed by atoms with Crippen LogP contribution in [-0.4, -0.2) is 48.1 Å². The van der Waals surface area contributed by atoms with Gasteiger partial charge in [0.15, 0.2) is 0 Å². The minimum absolute atomic E-state index is 0.584. The molecule has 2 rings (SSSR count). The van der Waals surface area contributed by atoms with Gasteiger partial charge in [-0.1, -0.05) is 30.3 Å². The molecule has 1 saturated heterocycles. The second kappa shape index (κ2) is 7.77. The molecule has 1 atom stereocenters. The highest BCUT2D eigenvalue weighted by molar-refractivity contribution is 5.14. The molecule has 0 amide bonds. The van der Waals surface area contributed by atoms with Crippen molar-refractivity contribution in [3.63, 3.8) is 0 Å². The van der Waals surface area contributed by atoms with E-state index < -0.39 is 0 Å². The van der Waals surface area contributed by atoms with E-state index in [-0.39, 0.29) is 0 Å². The Morgan fingerprint density at radius 1 is 1.30 bits per heavy atom. The number of likely N-dealkylation sites (tertiary alicyclic amines) is 1. The van der Waals surface area contributed by atoms with Crippen molar-refractivity contribution < 1.29 is 0 Å². The molecule has 1 fully saturated rings. The molecule has 0 bridgehead atoms. The number of piperidine rings is 1. The van der Waals surface area contributed by atoms with E-state index in [9.17, 15) is 0 Å². The molecule has 0 aromatic heterocycles. The lowest BCUT2D eigenvalue weighted by Crippen LogP contribution is -2.51. The maximum absolute atomic E-state index is 5.78. The van der Waals surface area contributed by atoms with Crippen LogP contribution < -0.4 is 5.73 Å². The maximum Gasteiger partial charge on any atom is 0.0234 e. The van der Waals surface area contributed by atoms with E-state index in [1.807, 2.05) is 0 Å². The Labute approximate surface area is 123 Å². The van der Waals surface area contributed by atoms with Crippen LogP contribution in [0.15, 0.2) is 30.3 Å². The number of rotatable bonds is 6. The van der Waals surface area contributed by atoms with Gasteiger partial charge in [-0.05, 0) is 38.8 Å². The molecule has 0 saturated carbocycles. The second-order valence-corrected chi connectivity index (χ2v) is 6.14. The summed E-state index contributed by atoms with van der Waals surface area (Å²) < 4.78 is 0. The zero-order valence-corrected chi connectivity index (χ0v) is 13.0. The molecular formula is C17H29N3. The number of hydrogen-bond donors (Lipinski definition) is 1. The molecule has 3 nitrogen and oxygen atoms in total. The topological polar surface area (TPSA) is 32.5 Å². The average molecular weight is 275 g/mol. The monoisotopic (exact) mass is 275 g/mol. The molecule has 112 valence electrons. The summed E-state index contributed by atoms with van der Waals surface area (Å²) in [5.41, 5.74) is 7.20. The van der Waals surface area contributed by atoms with Crippen LogP contribution in [0.25, 0.3) is 0 Å². The summed E-state index contributed by atoms with van der Waals surface area (Å²) in [6.45, 7) is 9.81. The van der Waals surface area contributed by atoms with Crippen molar-refractivity contribution in [3.05, 3.63) is 35.9 Å². The number of benzene rings is 1. The van der Waals surface area contributed by atoms with Gasteiger partial charge in [-0.3, -0.25) is 9.80 Å². The first-order chi connectivity index (χ1) is 9.70. The Hall–Kier alpha value is -0.900. The van der Waals surface area contributed by atoms with Crippen LogP contribution >= 0.6 is 0 Å². The van der Waals surface area contributed by atoms with Gasteiger partial charge >= 0.3 is 0 Å². The number of nitrogens with two attached hydrogens (primary N) is 1. The van der Waals surface area contributed by atoms with Gasteiger partial charge in [0.1, 0.15) is 0 Å². The van der Waals surface area contributed by atoms with Crippen molar-refractivity contribution in [2.75, 3.05) is 26.2 Å². The molecular weight excluding hydrogens is 246 g/mol. The molecule has 20 heavy (non-hydrogen) atoms. The molecule has 0 aliphatic carbocycles. The Bertz CT molecular complexity index is 377. The Morgan fingerprint density at radius 3 is 2.70 bits per heavy atom. The SMILES string of the molecule is CC(C)N(CCN)[C@H]1CCCN(Cc2ccccc2)C1. The summed E-state index contributed by atoms with van der Waals surface area (Å²) in [6, 6.07) is 12.0. The van der Waals surface area contributed by atoms with Crippen molar-refractivity contribution in [2.45, 2.75) is 45.3 Å². The Kier molecular flexibility index (Phi) is 6.02. The highest BCUT2D eigenvalue weighted by atomic mass is 15.2. The van der Waals surface area contributed by atoms with Crippen LogP contribution in [0.3, 0.4) is 0 Å². The predicted molar refractivity (Wildman–Crippen MR) is 85.6 cm³/mol. The first-order valence-corrected chi connectivity index (χ1v) is 7.92. The van der Waals surface area contributed by atoms with Crippen molar-refractivity contribution in [1.29, 1.82) is 0 Å². The highest BCUT2D eigenvalue weighted by Crippen LogP contribution is 2.19. The lowest BCUT2D eigenvalue weighted by atomic mass is 10.0. The molecule has 0 radical (unpaired) electrons. The lowest BCUT2D eigenvalue weighted by molar-refractivity contribution is 0.0739. The van der Waals surface area contributed by atoms with Crippen LogP contribution in [0.5, 0.6) is 0 Å². The quantitative estimate of drug-likeness (QED) is 0.865. The first kappa shape index (κ1) is 15.5. The molecule has 2 N–H and O–H groups in total. The van der Waals surface area contributed by atoms with Gasteiger partial charge in [-0.25, -0.2) is 0 Å². The third-order valence-corrected chi connectivity index (χ3v) is 4.25. The normalized spacial score (nSPS) is 20.8. The number of nitrogens with zero attached hydrogens (tertiary/aromatic N) is 2. The zero-order valence-electron chi connectivity index (χ0n) is 13.0. The standard InChI is InChI=1S/C17H29N3/c1-15(2)20(12-10-18)17-9-6-11-19(14-17)13-16-7-4-3-5-8-16/h3-5,7-8,15,17H,6,9-14,18H2,1-2H3/t17-/m0/s1. The minimum Gasteiger partial charge on any atom is -0.329 e. The van der Waals surface area contributed by atoms with Gasteiger partial charge in [0, 0.05) is 38.3 Å². The molecule has 1 aromatic carbocycles. The fourth-order valence-electron chi connectivity index (χ4n) is 3.30. The van der Waals surface area contributed by atoms with Crippen LogP contribution in [-0.2, 0) is 6.54 Å². The largest absolute Gasteiger partial charge is 0.329 e. The summed E-state index contributed by atoms with van der Waals surface area (Å²) >= 11 is 0. The van der Waals surface area contributed by atoms with Gasteiger partial charge in [-0.2, -0.15) is 0 Å². The summed E-state index contributed by atoms with van der Waals surface area (Å²) in [7, 11) is 0. The molecule has 1 aliphatic heterocycles. The van der Waals surface area contributed by atoms with E-state index in [1.165, 1.54) is 31.5 Å². The van der Waals surface area contributed by atoms with Crippen molar-refractivity contribution in [1.82, 2.24) is 9.80 Å². The van der Waals surface area contributed by atoms with Gasteiger partial charge in [0.25, 0.3) is 0 Å². The summed E-state index contributed by atoms with van der Waals surface area (Å²) in [5, 5.41) is 0. The van der Waals surface area contributed by atoms with Gasteiger partial charge in [0.2, 0.25) is 0 Å². The Morgan fingerprint density at radius 2 is 2.05 bits per heavy atom. The minimum atomic E-state index is 0.584. The van der Waals surface area contributed by atoms with Gasteiger partial charge in [-0.15, -0.1) is 0 Å². The van der Waals surface area contributed by atoms with E-state index in [2.05, 4.69) is 54.0 Å². The maximum atomic E-state index is 5.78. The highest BCUT2D eigenvalue weighted by Gasteiger charge is 2.26. The molecule has 1 aliphatic rings. The number of hydrogen-bond acceptors (Lipinski definition) is 3. The van der Waals surface area contributed by atoms with Gasteiger partial charge in [0.05, 0.1) is 0 Å². The van der Waals surface area contributed by atoms with E-state index in [1.54, 1.807) is 0 Å². The summed E-state index contributed by atoms with van der Waals surface area (Å²) in [4.78, 5) is 5.17. The lowest BCUT2D eigenvalue weighted by Gasteiger charge is -2.41. The molecule has 0 unspecified atom stereocenters. The summed E-state index contributed by atoms with van der Waals surface area (Å²) in [5.74, 6) is 0. The van der Waals surface area contributed by atoms with Crippen LogP contribution in [0.4, 0.5) is 0 Å². The third-order valence-electron chi connectivity index (χ3n) is 4.25. The predicted octanol–water partition coefficient (Wildman–Crippen LogP) is 2.32. The average Bonchev–Trinajstić information content (AvgIpc) is 2.46. The van der Waals surface area contributed by atoms with Crippen molar-refractivity contribution >= 4 is 0 Å². The fourth-order valence-corrected chi connectivity index (χ4v) is 3.30. The Balaban J connectivity index is 1.93. The third kappa shape index (κ3) is 4.30. The van der Waals surface area contributed by atoms with Crippen molar-refractivity contribution in [2.24, 2.45) is 5.73 Å². The summed E-state index contributed by atoms with van der Waals surface area (Å²) in [6.07, 6.45) is 2.61. The van der Waals surface area contributed by atoms with E-state index >= 15 is 0 Å². The second-order valence-electron chi connectivity index (χ2n) is 6.14. The van der Waals surface area contributed by atoms with Crippen LogP contribution in [0.1, 0.15) is 32.3 Å². The fraction of sp³-hybridized carbons (Fsp3) is 0.647. The van der Waals surface area contributed by atoms with Gasteiger partial charge < -0.3 is 5.73 Å². The van der Waals surface area contributed by atoms with E-state index in [0.29, 0.717) is 12.1 Å². The molecule has 3 heteroatoms. The van der Waals surface area contributed by atoms with E-state index in [4.69, 9.17) is 5.73 Å². The molecule has 1 heterocycles. The van der Waals surface area contributed by atoms with E-state index in [0.717, 1.165) is 19.6 Å². The molecule has 0 spiro atoms. The van der Waals surface area contributed by atoms with Crippen LogP contribution in [0.2, 0.25) is 0 Å². The molecule has 1 aromatic rings. The first-order valence-electron chi connectivity index (χ1n) is 7.92. The van der Waals surface area contributed by atoms with Crippen molar-refractivity contribution in [3.8, 4) is 0 Å². The smallest absolute Gasteiger partial charge is 0.0234 e.